The molecule has 0 spiro atoms. The number of halogens is 5. The fourth-order valence-corrected chi connectivity index (χ4v) is 1.43. The Bertz CT molecular complexity index is 108. The molecule has 0 fully saturated rings. The van der Waals surface area contributed by atoms with E-state index < -0.39 is 3.79 Å². The van der Waals surface area contributed by atoms with Gasteiger partial charge in [-0.3, -0.25) is 0 Å². The maximum Gasteiger partial charge on any atom is 0.190 e. The minimum absolute atomic E-state index is 0.157. The zero-order valence-corrected chi connectivity index (χ0v) is 12.3. The molecule has 0 amide bonds. The number of hydrogen-bond acceptors (Lipinski definition) is 0. The first kappa shape index (κ1) is 17.8. The molecule has 0 bridgehead atoms. The highest BCUT2D eigenvalue weighted by molar-refractivity contribution is 6.67. The van der Waals surface area contributed by atoms with Crippen molar-refractivity contribution in [1.29, 1.82) is 0 Å². The van der Waals surface area contributed by atoms with Gasteiger partial charge in [0.05, 0.1) is 0 Å². The topological polar surface area (TPSA) is 0 Å². The molecule has 0 saturated heterocycles. The molecular formula is C9H17Cl5. The monoisotopic (exact) mass is 300 g/mol. The summed E-state index contributed by atoms with van der Waals surface area (Å²) in [6, 6.07) is 0. The van der Waals surface area contributed by atoms with Crippen LogP contribution in [0, 0.1) is 0 Å². The fourth-order valence-electron chi connectivity index (χ4n) is 0.595. The van der Waals surface area contributed by atoms with Crippen LogP contribution in [0.15, 0.2) is 0 Å². The van der Waals surface area contributed by atoms with Gasteiger partial charge in [-0.1, -0.05) is 61.5 Å². The van der Waals surface area contributed by atoms with Crippen LogP contribution in [-0.2, 0) is 0 Å². The highest BCUT2D eigenvalue weighted by Crippen LogP contribution is 2.31. The van der Waals surface area contributed by atoms with Gasteiger partial charge in [-0.25, -0.2) is 0 Å². The summed E-state index contributed by atoms with van der Waals surface area (Å²) in [4.78, 5) is -0.157. The molecule has 0 N–H and O–H groups in total. The molecule has 0 aliphatic carbocycles. The maximum atomic E-state index is 5.44. The van der Waals surface area contributed by atoms with Gasteiger partial charge in [-0.05, 0) is 19.3 Å². The lowest BCUT2D eigenvalue weighted by Gasteiger charge is -2.07. The average molecular weight is 302 g/mol. The molecule has 0 aliphatic heterocycles. The van der Waals surface area contributed by atoms with Gasteiger partial charge in [0, 0.05) is 0 Å². The molecule has 0 radical (unpaired) electrons. The van der Waals surface area contributed by atoms with Crippen molar-refractivity contribution in [3.63, 3.8) is 0 Å². The van der Waals surface area contributed by atoms with Crippen LogP contribution in [0.2, 0.25) is 0 Å². The minimum Gasteiger partial charge on any atom is -0.105 e. The number of hydrogen-bond donors (Lipinski definition) is 0. The lowest BCUT2D eigenvalue weighted by Crippen LogP contribution is -1.99. The summed E-state index contributed by atoms with van der Waals surface area (Å²) in [5, 5.41) is 0. The SMILES string of the molecule is CCCC(Cl)Cl.CCCCC(Cl)(Cl)Cl. The van der Waals surface area contributed by atoms with Crippen LogP contribution < -0.4 is 0 Å². The summed E-state index contributed by atoms with van der Waals surface area (Å²) in [5.41, 5.74) is 0. The van der Waals surface area contributed by atoms with E-state index in [-0.39, 0.29) is 4.84 Å². The van der Waals surface area contributed by atoms with Crippen molar-refractivity contribution in [3.05, 3.63) is 0 Å². The van der Waals surface area contributed by atoms with Crippen molar-refractivity contribution in [2.75, 3.05) is 0 Å². The highest BCUT2D eigenvalue weighted by atomic mass is 35.6. The van der Waals surface area contributed by atoms with Crippen LogP contribution in [-0.4, -0.2) is 8.63 Å². The molecule has 0 aromatic heterocycles. The third-order valence-corrected chi connectivity index (χ3v) is 2.32. The predicted molar refractivity (Wildman–Crippen MR) is 70.2 cm³/mol. The lowest BCUT2D eigenvalue weighted by molar-refractivity contribution is 0.733. The Hall–Kier alpha value is 1.45. The Labute approximate surface area is 112 Å². The van der Waals surface area contributed by atoms with Gasteiger partial charge in [-0.15, -0.1) is 23.2 Å². The fraction of sp³-hybridized carbons (Fsp3) is 1.00. The van der Waals surface area contributed by atoms with Crippen LogP contribution in [0.3, 0.4) is 0 Å². The Balaban J connectivity index is 0. The summed E-state index contributed by atoms with van der Waals surface area (Å²) in [6.45, 7) is 4.12. The lowest BCUT2D eigenvalue weighted by atomic mass is 10.3. The molecule has 0 aliphatic rings. The zero-order chi connectivity index (χ0) is 11.6. The second kappa shape index (κ2) is 11.0. The predicted octanol–water partition coefficient (Wildman–Crippen LogP) is 6.14. The van der Waals surface area contributed by atoms with Gasteiger partial charge >= 0.3 is 0 Å². The van der Waals surface area contributed by atoms with Gasteiger partial charge < -0.3 is 0 Å². The molecule has 88 valence electrons. The van der Waals surface area contributed by atoms with Crippen LogP contribution in [0.25, 0.3) is 0 Å². The molecule has 0 rings (SSSR count). The smallest absolute Gasteiger partial charge is 0.105 e. The Kier molecular flexibility index (Phi) is 13.9. The van der Waals surface area contributed by atoms with E-state index in [1.165, 1.54) is 0 Å². The average Bonchev–Trinajstić information content (AvgIpc) is 2.00. The molecule has 5 heteroatoms. The van der Waals surface area contributed by atoms with Gasteiger partial charge in [0.2, 0.25) is 0 Å². The third kappa shape index (κ3) is 23.3. The Morgan fingerprint density at radius 2 is 1.50 bits per heavy atom. The molecular weight excluding hydrogens is 285 g/mol. The quantitative estimate of drug-likeness (QED) is 0.547. The van der Waals surface area contributed by atoms with E-state index >= 15 is 0 Å². The van der Waals surface area contributed by atoms with Crippen LogP contribution in [0.4, 0.5) is 0 Å². The standard InChI is InChI=1S/C5H9Cl3.C4H8Cl2/c1-2-3-4-5(6,7)8;1-2-3-4(5)6/h2-4H2,1H3;4H,2-3H2,1H3. The van der Waals surface area contributed by atoms with Crippen LogP contribution in [0.5, 0.6) is 0 Å². The third-order valence-electron chi connectivity index (χ3n) is 1.32. The summed E-state index contributed by atoms with van der Waals surface area (Å²) in [6.07, 6.45) is 4.69. The van der Waals surface area contributed by atoms with Crippen molar-refractivity contribution in [2.24, 2.45) is 0 Å². The van der Waals surface area contributed by atoms with Crippen molar-refractivity contribution in [1.82, 2.24) is 0 Å². The maximum absolute atomic E-state index is 5.44. The summed E-state index contributed by atoms with van der Waals surface area (Å²) in [5.74, 6) is 0. The minimum atomic E-state index is -1.03. The number of alkyl halides is 5. The van der Waals surface area contributed by atoms with Gasteiger partial charge in [0.15, 0.2) is 3.79 Å². The molecule has 0 heterocycles. The first-order valence-corrected chi connectivity index (χ1v) is 6.69. The summed E-state index contributed by atoms with van der Waals surface area (Å²) < 4.78 is -1.03. The van der Waals surface area contributed by atoms with Crippen molar-refractivity contribution < 1.29 is 0 Å². The van der Waals surface area contributed by atoms with E-state index in [0.717, 1.165) is 25.7 Å². The highest BCUT2D eigenvalue weighted by Gasteiger charge is 2.17. The van der Waals surface area contributed by atoms with E-state index in [1.807, 2.05) is 0 Å². The van der Waals surface area contributed by atoms with Gasteiger partial charge in [0.1, 0.15) is 4.84 Å². The van der Waals surface area contributed by atoms with Crippen molar-refractivity contribution in [3.8, 4) is 0 Å². The summed E-state index contributed by atoms with van der Waals surface area (Å²) in [7, 11) is 0. The van der Waals surface area contributed by atoms with E-state index in [9.17, 15) is 0 Å². The van der Waals surface area contributed by atoms with Crippen LogP contribution in [0.1, 0.15) is 46.0 Å². The van der Waals surface area contributed by atoms with Gasteiger partial charge in [-0.2, -0.15) is 0 Å². The second-order valence-corrected chi connectivity index (χ2v) is 6.69. The largest absolute Gasteiger partial charge is 0.190 e. The Morgan fingerprint density at radius 1 is 1.00 bits per heavy atom. The first-order valence-electron chi connectivity index (χ1n) is 4.68. The second-order valence-electron chi connectivity index (χ2n) is 2.90. The molecule has 0 saturated carbocycles. The zero-order valence-electron chi connectivity index (χ0n) is 8.50. The summed E-state index contributed by atoms with van der Waals surface area (Å²) >= 11 is 27.0. The van der Waals surface area contributed by atoms with E-state index in [1.54, 1.807) is 0 Å². The first-order chi connectivity index (χ1) is 6.33. The molecule has 0 nitrogen and oxygen atoms in total. The molecule has 0 aromatic carbocycles. The molecule has 0 aromatic rings. The van der Waals surface area contributed by atoms with Crippen molar-refractivity contribution >= 4 is 58.0 Å². The van der Waals surface area contributed by atoms with Crippen molar-refractivity contribution in [2.45, 2.75) is 54.6 Å². The normalized spacial score (nSPS) is 11.1. The van der Waals surface area contributed by atoms with E-state index in [0.29, 0.717) is 6.42 Å². The Morgan fingerprint density at radius 3 is 1.57 bits per heavy atom. The van der Waals surface area contributed by atoms with Crippen LogP contribution >= 0.6 is 58.0 Å². The number of rotatable bonds is 4. The number of unbranched alkanes of at least 4 members (excludes halogenated alkanes) is 1. The van der Waals surface area contributed by atoms with E-state index in [4.69, 9.17) is 58.0 Å². The van der Waals surface area contributed by atoms with E-state index in [2.05, 4.69) is 13.8 Å². The molecule has 0 atom stereocenters. The molecule has 0 unspecified atom stereocenters. The van der Waals surface area contributed by atoms with Gasteiger partial charge in [0.25, 0.3) is 0 Å². The molecule has 14 heavy (non-hydrogen) atoms.